The average Bonchev–Trinajstić information content (AvgIpc) is 2.60. The smallest absolute Gasteiger partial charge is 0.124 e. The lowest BCUT2D eigenvalue weighted by Gasteiger charge is -1.94. The van der Waals surface area contributed by atoms with Gasteiger partial charge in [-0.05, 0) is 38.2 Å². The van der Waals surface area contributed by atoms with Crippen molar-refractivity contribution in [3.05, 3.63) is 29.0 Å². The number of aromatic nitrogens is 1. The van der Waals surface area contributed by atoms with Crippen LogP contribution in [-0.2, 0) is 6.42 Å². The van der Waals surface area contributed by atoms with Gasteiger partial charge in [0.1, 0.15) is 5.82 Å². The van der Waals surface area contributed by atoms with E-state index in [2.05, 4.69) is 10.3 Å². The summed E-state index contributed by atoms with van der Waals surface area (Å²) in [6, 6.07) is 4.75. The quantitative estimate of drug-likeness (QED) is 0.807. The third-order valence-corrected chi connectivity index (χ3v) is 3.29. The van der Waals surface area contributed by atoms with Gasteiger partial charge in [0.15, 0.2) is 0 Å². The zero-order valence-corrected chi connectivity index (χ0v) is 9.40. The van der Waals surface area contributed by atoms with Gasteiger partial charge in [0.25, 0.3) is 0 Å². The number of fused-ring (bicyclic) bond motifs is 1. The topological polar surface area (TPSA) is 24.9 Å². The SMILES string of the molecule is CNCCCc1nc2ccc(F)cc2s1. The fourth-order valence-electron chi connectivity index (χ4n) is 1.47. The Labute approximate surface area is 92.1 Å². The minimum absolute atomic E-state index is 0.187. The van der Waals surface area contributed by atoms with Crippen LogP contribution in [0.1, 0.15) is 11.4 Å². The van der Waals surface area contributed by atoms with Crippen LogP contribution >= 0.6 is 11.3 Å². The first kappa shape index (κ1) is 10.5. The molecule has 15 heavy (non-hydrogen) atoms. The minimum atomic E-state index is -0.187. The Morgan fingerprint density at radius 1 is 1.47 bits per heavy atom. The van der Waals surface area contributed by atoms with Crippen molar-refractivity contribution in [2.45, 2.75) is 12.8 Å². The van der Waals surface area contributed by atoms with Crippen molar-refractivity contribution in [3.8, 4) is 0 Å². The molecule has 4 heteroatoms. The van der Waals surface area contributed by atoms with E-state index in [1.165, 1.54) is 6.07 Å². The molecular weight excluding hydrogens is 211 g/mol. The molecule has 80 valence electrons. The second-order valence-corrected chi connectivity index (χ2v) is 4.54. The predicted octanol–water partition coefficient (Wildman–Crippen LogP) is 2.59. The van der Waals surface area contributed by atoms with Crippen LogP contribution in [0.2, 0.25) is 0 Å². The first-order valence-electron chi connectivity index (χ1n) is 4.99. The molecule has 0 aliphatic rings. The maximum Gasteiger partial charge on any atom is 0.124 e. The Morgan fingerprint density at radius 3 is 3.13 bits per heavy atom. The molecular formula is C11H13FN2S. The van der Waals surface area contributed by atoms with Gasteiger partial charge in [-0.2, -0.15) is 0 Å². The number of hydrogen-bond donors (Lipinski definition) is 1. The van der Waals surface area contributed by atoms with Gasteiger partial charge in [-0.1, -0.05) is 0 Å². The summed E-state index contributed by atoms with van der Waals surface area (Å²) in [5, 5.41) is 4.19. The highest BCUT2D eigenvalue weighted by molar-refractivity contribution is 7.18. The van der Waals surface area contributed by atoms with Crippen molar-refractivity contribution in [1.29, 1.82) is 0 Å². The van der Waals surface area contributed by atoms with Crippen LogP contribution in [0.4, 0.5) is 4.39 Å². The third kappa shape index (κ3) is 2.52. The monoisotopic (exact) mass is 224 g/mol. The van der Waals surface area contributed by atoms with Gasteiger partial charge in [0.05, 0.1) is 15.2 Å². The summed E-state index contributed by atoms with van der Waals surface area (Å²) in [5.41, 5.74) is 0.904. The van der Waals surface area contributed by atoms with Gasteiger partial charge < -0.3 is 5.32 Å². The van der Waals surface area contributed by atoms with Gasteiger partial charge >= 0.3 is 0 Å². The largest absolute Gasteiger partial charge is 0.320 e. The zero-order chi connectivity index (χ0) is 10.7. The summed E-state index contributed by atoms with van der Waals surface area (Å²) in [6.07, 6.45) is 2.03. The second kappa shape index (κ2) is 4.68. The highest BCUT2D eigenvalue weighted by Gasteiger charge is 2.04. The zero-order valence-electron chi connectivity index (χ0n) is 8.59. The van der Waals surface area contributed by atoms with Gasteiger partial charge in [-0.3, -0.25) is 0 Å². The van der Waals surface area contributed by atoms with Crippen molar-refractivity contribution in [3.63, 3.8) is 0 Å². The van der Waals surface area contributed by atoms with E-state index in [-0.39, 0.29) is 5.82 Å². The van der Waals surface area contributed by atoms with Crippen molar-refractivity contribution in [2.75, 3.05) is 13.6 Å². The number of nitrogens with zero attached hydrogens (tertiary/aromatic N) is 1. The lowest BCUT2D eigenvalue weighted by Crippen LogP contribution is -2.08. The molecule has 0 bridgehead atoms. The maximum absolute atomic E-state index is 12.9. The fraction of sp³-hybridized carbons (Fsp3) is 0.364. The summed E-state index contributed by atoms with van der Waals surface area (Å²) in [7, 11) is 1.94. The van der Waals surface area contributed by atoms with Crippen LogP contribution in [-0.4, -0.2) is 18.6 Å². The Bertz CT molecular complexity index is 453. The average molecular weight is 224 g/mol. The highest BCUT2D eigenvalue weighted by atomic mass is 32.1. The molecule has 0 spiro atoms. The summed E-state index contributed by atoms with van der Waals surface area (Å²) in [5.74, 6) is -0.187. The number of rotatable bonds is 4. The van der Waals surface area contributed by atoms with Crippen LogP contribution in [0.25, 0.3) is 10.2 Å². The number of halogens is 1. The van der Waals surface area contributed by atoms with E-state index in [0.717, 1.165) is 34.6 Å². The molecule has 0 saturated heterocycles. The molecule has 0 radical (unpaired) electrons. The summed E-state index contributed by atoms with van der Waals surface area (Å²) in [6.45, 7) is 0.990. The molecule has 1 aromatic heterocycles. The normalized spacial score (nSPS) is 11.1. The summed E-state index contributed by atoms with van der Waals surface area (Å²) in [4.78, 5) is 4.45. The van der Waals surface area contributed by atoms with E-state index in [1.54, 1.807) is 23.5 Å². The molecule has 1 heterocycles. The molecule has 1 aromatic carbocycles. The number of nitrogens with one attached hydrogen (secondary N) is 1. The fourth-order valence-corrected chi connectivity index (χ4v) is 2.50. The molecule has 1 N–H and O–H groups in total. The summed E-state index contributed by atoms with van der Waals surface area (Å²) >= 11 is 1.58. The van der Waals surface area contributed by atoms with E-state index in [9.17, 15) is 4.39 Å². The third-order valence-electron chi connectivity index (χ3n) is 2.21. The minimum Gasteiger partial charge on any atom is -0.320 e. The number of hydrogen-bond acceptors (Lipinski definition) is 3. The number of benzene rings is 1. The summed E-state index contributed by atoms with van der Waals surface area (Å²) < 4.78 is 13.9. The molecule has 0 amide bonds. The first-order chi connectivity index (χ1) is 7.29. The Balaban J connectivity index is 2.16. The van der Waals surface area contributed by atoms with Crippen LogP contribution in [0.3, 0.4) is 0 Å². The van der Waals surface area contributed by atoms with Crippen molar-refractivity contribution >= 4 is 21.6 Å². The van der Waals surface area contributed by atoms with Crippen molar-refractivity contribution < 1.29 is 4.39 Å². The molecule has 0 aliphatic carbocycles. The van der Waals surface area contributed by atoms with Gasteiger partial charge in [0, 0.05) is 6.42 Å². The lowest BCUT2D eigenvalue weighted by molar-refractivity contribution is 0.630. The van der Waals surface area contributed by atoms with Crippen molar-refractivity contribution in [1.82, 2.24) is 10.3 Å². The molecule has 0 unspecified atom stereocenters. The standard InChI is InChI=1S/C11H13FN2S/c1-13-6-2-3-11-14-9-5-4-8(12)7-10(9)15-11/h4-5,7,13H,2-3,6H2,1H3. The van der Waals surface area contributed by atoms with Gasteiger partial charge in [-0.25, -0.2) is 9.37 Å². The molecule has 0 fully saturated rings. The molecule has 0 saturated carbocycles. The maximum atomic E-state index is 12.9. The van der Waals surface area contributed by atoms with Gasteiger partial charge in [-0.15, -0.1) is 11.3 Å². The Morgan fingerprint density at radius 2 is 2.33 bits per heavy atom. The highest BCUT2D eigenvalue weighted by Crippen LogP contribution is 2.23. The van der Waals surface area contributed by atoms with E-state index in [1.807, 2.05) is 7.05 Å². The van der Waals surface area contributed by atoms with E-state index < -0.39 is 0 Å². The molecule has 2 aromatic rings. The van der Waals surface area contributed by atoms with Crippen molar-refractivity contribution in [2.24, 2.45) is 0 Å². The van der Waals surface area contributed by atoms with Crippen LogP contribution < -0.4 is 5.32 Å². The lowest BCUT2D eigenvalue weighted by atomic mass is 10.3. The molecule has 2 rings (SSSR count). The Kier molecular flexibility index (Phi) is 3.28. The van der Waals surface area contributed by atoms with Crippen LogP contribution in [0.15, 0.2) is 18.2 Å². The van der Waals surface area contributed by atoms with E-state index >= 15 is 0 Å². The van der Waals surface area contributed by atoms with Gasteiger partial charge in [0.2, 0.25) is 0 Å². The van der Waals surface area contributed by atoms with Crippen LogP contribution in [0.5, 0.6) is 0 Å². The van der Waals surface area contributed by atoms with Crippen LogP contribution in [0, 0.1) is 5.82 Å². The molecule has 2 nitrogen and oxygen atoms in total. The Hall–Kier alpha value is -1.000. The van der Waals surface area contributed by atoms with E-state index in [0.29, 0.717) is 0 Å². The molecule has 0 atom stereocenters. The predicted molar refractivity (Wildman–Crippen MR) is 61.8 cm³/mol. The first-order valence-corrected chi connectivity index (χ1v) is 5.81. The molecule has 0 aliphatic heterocycles. The number of thiazole rings is 1. The second-order valence-electron chi connectivity index (χ2n) is 3.43. The number of aryl methyl sites for hydroxylation is 1. The van der Waals surface area contributed by atoms with E-state index in [4.69, 9.17) is 0 Å².